The lowest BCUT2D eigenvalue weighted by Crippen LogP contribution is -2.59. The van der Waals surface area contributed by atoms with Crippen molar-refractivity contribution in [2.24, 2.45) is 23.7 Å². The predicted octanol–water partition coefficient (Wildman–Crippen LogP) is 1.69. The third kappa shape index (κ3) is 1.32. The number of carbonyl (C=O) groups is 1. The minimum Gasteiger partial charge on any atom is -0.433 e. The van der Waals surface area contributed by atoms with Crippen molar-refractivity contribution in [1.82, 2.24) is 0 Å². The normalized spacial score (nSPS) is 51.9. The van der Waals surface area contributed by atoms with Gasteiger partial charge in [-0.05, 0) is 43.9 Å². The zero-order chi connectivity index (χ0) is 10.6. The fourth-order valence-electron chi connectivity index (χ4n) is 4.26. The second-order valence-electron chi connectivity index (χ2n) is 5.65. The molecular formula is C12H18O3. The van der Waals surface area contributed by atoms with Crippen molar-refractivity contribution in [3.63, 3.8) is 0 Å². The molecule has 3 heteroatoms. The third-order valence-corrected chi connectivity index (χ3v) is 4.62. The molecule has 4 bridgehead atoms. The molecule has 0 unspecified atom stereocenters. The highest BCUT2D eigenvalue weighted by molar-refractivity contribution is 5.66. The van der Waals surface area contributed by atoms with Crippen LogP contribution < -0.4 is 0 Å². The van der Waals surface area contributed by atoms with Gasteiger partial charge in [0.1, 0.15) is 0 Å². The molecule has 4 rings (SSSR count). The van der Waals surface area contributed by atoms with Crippen molar-refractivity contribution in [2.45, 2.75) is 44.8 Å². The highest BCUT2D eigenvalue weighted by Gasteiger charge is 2.58. The van der Waals surface area contributed by atoms with Crippen molar-refractivity contribution in [1.29, 1.82) is 0 Å². The summed E-state index contributed by atoms with van der Waals surface area (Å²) < 4.78 is 5.23. The van der Waals surface area contributed by atoms with E-state index in [1.165, 1.54) is 13.3 Å². The molecule has 4 fully saturated rings. The molecule has 0 heterocycles. The maximum atomic E-state index is 11.1. The fraction of sp³-hybridized carbons (Fsp3) is 0.917. The molecule has 0 aromatic rings. The minimum absolute atomic E-state index is 0.206. The number of carbonyl (C=O) groups excluding carboxylic acids is 1. The van der Waals surface area contributed by atoms with E-state index in [0.29, 0.717) is 0 Å². The van der Waals surface area contributed by atoms with Gasteiger partial charge in [0.15, 0.2) is 0 Å². The van der Waals surface area contributed by atoms with Gasteiger partial charge in [-0.3, -0.25) is 4.79 Å². The zero-order valence-corrected chi connectivity index (χ0v) is 9.11. The van der Waals surface area contributed by atoms with Crippen LogP contribution in [0.1, 0.15) is 39.0 Å². The number of ether oxygens (including phenoxy) is 1. The standard InChI is InChI=1S/C12H18O3/c1-7(13)15-12(14)10-3-8-2-9(5-10)6-11(12)4-8/h8-11,14H,2-6H2,1H3. The first kappa shape index (κ1) is 9.64. The molecule has 0 amide bonds. The van der Waals surface area contributed by atoms with Gasteiger partial charge in [-0.2, -0.15) is 0 Å². The van der Waals surface area contributed by atoms with Gasteiger partial charge in [0, 0.05) is 18.8 Å². The van der Waals surface area contributed by atoms with Gasteiger partial charge in [0.25, 0.3) is 0 Å². The van der Waals surface area contributed by atoms with Gasteiger partial charge in [-0.1, -0.05) is 0 Å². The van der Waals surface area contributed by atoms with Crippen LogP contribution in [-0.2, 0) is 9.53 Å². The van der Waals surface area contributed by atoms with Gasteiger partial charge in [-0.15, -0.1) is 0 Å². The van der Waals surface area contributed by atoms with E-state index in [0.717, 1.165) is 37.5 Å². The summed E-state index contributed by atoms with van der Waals surface area (Å²) >= 11 is 0. The topological polar surface area (TPSA) is 46.5 Å². The molecule has 0 aliphatic heterocycles. The van der Waals surface area contributed by atoms with Gasteiger partial charge >= 0.3 is 5.97 Å². The second kappa shape index (κ2) is 2.97. The van der Waals surface area contributed by atoms with Crippen molar-refractivity contribution >= 4 is 5.97 Å². The van der Waals surface area contributed by atoms with E-state index < -0.39 is 5.79 Å². The van der Waals surface area contributed by atoms with Gasteiger partial charge in [0.05, 0.1) is 0 Å². The van der Waals surface area contributed by atoms with E-state index in [4.69, 9.17) is 4.74 Å². The van der Waals surface area contributed by atoms with E-state index in [2.05, 4.69) is 0 Å². The SMILES string of the molecule is CC(=O)OC1(O)C2CC3CC(C2)CC1C3. The summed E-state index contributed by atoms with van der Waals surface area (Å²) in [5, 5.41) is 10.5. The molecule has 1 N–H and O–H groups in total. The Labute approximate surface area is 89.8 Å². The van der Waals surface area contributed by atoms with E-state index in [1.54, 1.807) is 0 Å². The molecule has 0 aromatic carbocycles. The minimum atomic E-state index is -1.13. The molecule has 4 aliphatic rings. The quantitative estimate of drug-likeness (QED) is 0.529. The largest absolute Gasteiger partial charge is 0.433 e. The average molecular weight is 210 g/mol. The Morgan fingerprint density at radius 1 is 1.13 bits per heavy atom. The Morgan fingerprint density at radius 2 is 1.60 bits per heavy atom. The van der Waals surface area contributed by atoms with Crippen LogP contribution in [0.3, 0.4) is 0 Å². The summed E-state index contributed by atoms with van der Waals surface area (Å²) in [5.41, 5.74) is 0. The number of hydrogen-bond acceptors (Lipinski definition) is 3. The lowest BCUT2D eigenvalue weighted by molar-refractivity contribution is -0.301. The summed E-state index contributed by atoms with van der Waals surface area (Å²) in [7, 11) is 0. The first-order chi connectivity index (χ1) is 7.08. The second-order valence-corrected chi connectivity index (χ2v) is 5.65. The fourth-order valence-corrected chi connectivity index (χ4v) is 4.26. The van der Waals surface area contributed by atoms with Crippen molar-refractivity contribution in [3.8, 4) is 0 Å². The molecule has 4 aliphatic carbocycles. The Morgan fingerprint density at radius 3 is 2.00 bits per heavy atom. The monoisotopic (exact) mass is 210 g/mol. The van der Waals surface area contributed by atoms with E-state index in [-0.39, 0.29) is 17.8 Å². The molecule has 0 saturated heterocycles. The highest BCUT2D eigenvalue weighted by Crippen LogP contribution is 2.58. The Kier molecular flexibility index (Phi) is 1.91. The van der Waals surface area contributed by atoms with Crippen molar-refractivity contribution in [3.05, 3.63) is 0 Å². The summed E-state index contributed by atoms with van der Waals surface area (Å²) in [5.74, 6) is 0.506. The summed E-state index contributed by atoms with van der Waals surface area (Å²) in [4.78, 5) is 11.1. The molecule has 84 valence electrons. The van der Waals surface area contributed by atoms with E-state index in [9.17, 15) is 9.90 Å². The van der Waals surface area contributed by atoms with Gasteiger partial charge in [0.2, 0.25) is 5.79 Å². The predicted molar refractivity (Wildman–Crippen MR) is 53.8 cm³/mol. The van der Waals surface area contributed by atoms with E-state index in [1.807, 2.05) is 0 Å². The third-order valence-electron chi connectivity index (χ3n) is 4.62. The van der Waals surface area contributed by atoms with Crippen LogP contribution in [0.2, 0.25) is 0 Å². The molecule has 0 spiro atoms. The summed E-state index contributed by atoms with van der Waals surface area (Å²) in [6, 6.07) is 0. The summed E-state index contributed by atoms with van der Waals surface area (Å²) in [6.07, 6.45) is 5.55. The first-order valence-electron chi connectivity index (χ1n) is 6.00. The number of hydrogen-bond donors (Lipinski definition) is 1. The molecular weight excluding hydrogens is 192 g/mol. The molecule has 3 nitrogen and oxygen atoms in total. The Hall–Kier alpha value is -0.570. The molecule has 0 aromatic heterocycles. The van der Waals surface area contributed by atoms with Crippen LogP contribution in [0.25, 0.3) is 0 Å². The van der Waals surface area contributed by atoms with Crippen LogP contribution in [0.5, 0.6) is 0 Å². The van der Waals surface area contributed by atoms with Crippen LogP contribution in [0.15, 0.2) is 0 Å². The van der Waals surface area contributed by atoms with Crippen LogP contribution in [-0.4, -0.2) is 16.9 Å². The lowest BCUT2D eigenvalue weighted by atomic mass is 9.53. The van der Waals surface area contributed by atoms with Crippen LogP contribution in [0.4, 0.5) is 0 Å². The number of aliphatic hydroxyl groups is 1. The average Bonchev–Trinajstić information content (AvgIpc) is 2.12. The van der Waals surface area contributed by atoms with Gasteiger partial charge < -0.3 is 9.84 Å². The van der Waals surface area contributed by atoms with Crippen LogP contribution in [0, 0.1) is 23.7 Å². The molecule has 0 atom stereocenters. The maximum Gasteiger partial charge on any atom is 0.305 e. The Bertz CT molecular complexity index is 269. The molecule has 0 radical (unpaired) electrons. The number of esters is 1. The van der Waals surface area contributed by atoms with Gasteiger partial charge in [-0.25, -0.2) is 0 Å². The van der Waals surface area contributed by atoms with Crippen molar-refractivity contribution < 1.29 is 14.6 Å². The Balaban J connectivity index is 1.87. The number of rotatable bonds is 1. The van der Waals surface area contributed by atoms with Crippen molar-refractivity contribution in [2.75, 3.05) is 0 Å². The lowest BCUT2D eigenvalue weighted by Gasteiger charge is -2.57. The van der Waals surface area contributed by atoms with E-state index >= 15 is 0 Å². The smallest absolute Gasteiger partial charge is 0.305 e. The maximum absolute atomic E-state index is 11.1. The molecule has 4 saturated carbocycles. The zero-order valence-electron chi connectivity index (χ0n) is 9.11. The summed E-state index contributed by atoms with van der Waals surface area (Å²) in [6.45, 7) is 1.39. The van der Waals surface area contributed by atoms with Crippen LogP contribution >= 0.6 is 0 Å². The highest BCUT2D eigenvalue weighted by atomic mass is 16.7. The molecule has 15 heavy (non-hydrogen) atoms. The first-order valence-corrected chi connectivity index (χ1v) is 6.00.